The number of fused-ring (bicyclic) bond motifs is 1. The number of carbonyl (C=O) groups excluding carboxylic acids is 1. The molecule has 0 N–H and O–H groups in total. The molecule has 0 aromatic carbocycles. The molecule has 0 spiro atoms. The highest BCUT2D eigenvalue weighted by molar-refractivity contribution is 7.20. The van der Waals surface area contributed by atoms with Gasteiger partial charge in [0, 0.05) is 11.9 Å². The van der Waals surface area contributed by atoms with E-state index >= 15 is 0 Å². The monoisotopic (exact) mass is 371 g/mol. The average Bonchev–Trinajstić information content (AvgIpc) is 3.25. The first-order chi connectivity index (χ1) is 12.5. The zero-order valence-electron chi connectivity index (χ0n) is 15.3. The highest BCUT2D eigenvalue weighted by Gasteiger charge is 2.31. The molecular formula is C19H21N3O3S. The summed E-state index contributed by atoms with van der Waals surface area (Å²) in [6.07, 6.45) is 1.66. The first-order valence-corrected chi connectivity index (χ1v) is 9.51. The van der Waals surface area contributed by atoms with Gasteiger partial charge < -0.3 is 14.1 Å². The molecule has 3 aromatic rings. The summed E-state index contributed by atoms with van der Waals surface area (Å²) in [4.78, 5) is 25.9. The Balaban J connectivity index is 1.77. The van der Waals surface area contributed by atoms with Crippen molar-refractivity contribution < 1.29 is 13.9 Å². The second kappa shape index (κ2) is 6.48. The van der Waals surface area contributed by atoms with Crippen molar-refractivity contribution in [1.29, 1.82) is 0 Å². The summed E-state index contributed by atoms with van der Waals surface area (Å²) in [7, 11) is 0. The Morgan fingerprint density at radius 2 is 2.12 bits per heavy atom. The van der Waals surface area contributed by atoms with E-state index in [1.165, 1.54) is 11.3 Å². The molecule has 1 fully saturated rings. The molecule has 1 aliphatic rings. The fourth-order valence-electron chi connectivity index (χ4n) is 3.38. The van der Waals surface area contributed by atoms with Gasteiger partial charge in [0.25, 0.3) is 5.91 Å². The Bertz CT molecular complexity index is 964. The van der Waals surface area contributed by atoms with Crippen LogP contribution in [0.5, 0.6) is 0 Å². The van der Waals surface area contributed by atoms with Gasteiger partial charge in [0.1, 0.15) is 4.83 Å². The molecular weight excluding hydrogens is 350 g/mol. The Labute approximate surface area is 155 Å². The third-order valence-electron chi connectivity index (χ3n) is 4.78. The van der Waals surface area contributed by atoms with Gasteiger partial charge in [-0.15, -0.1) is 11.3 Å². The lowest BCUT2D eigenvalue weighted by molar-refractivity contribution is -0.0385. The van der Waals surface area contributed by atoms with Gasteiger partial charge in [0.05, 0.1) is 35.6 Å². The van der Waals surface area contributed by atoms with Crippen LogP contribution >= 0.6 is 11.3 Å². The molecule has 0 aliphatic carbocycles. The lowest BCUT2D eigenvalue weighted by atomic mass is 10.1. The topological polar surface area (TPSA) is 68.5 Å². The molecule has 3 aromatic heterocycles. The number of hydrogen-bond acceptors (Lipinski definition) is 6. The number of morpholine rings is 1. The van der Waals surface area contributed by atoms with Crippen LogP contribution in [0, 0.1) is 13.8 Å². The maximum absolute atomic E-state index is 13.2. The SMILES string of the molecule is Cc1nc(-c2ccco2)nc2sc(C(=O)N3C[C@@H](C)OC[C@@H]3C)c(C)c12. The number of hydrogen-bond donors (Lipinski definition) is 0. The Kier molecular flexibility index (Phi) is 4.28. The van der Waals surface area contributed by atoms with E-state index in [0.717, 1.165) is 26.4 Å². The number of ether oxygens (including phenoxy) is 1. The number of rotatable bonds is 2. The molecule has 4 heterocycles. The molecule has 1 aliphatic heterocycles. The predicted molar refractivity (Wildman–Crippen MR) is 101 cm³/mol. The number of amides is 1. The second-order valence-electron chi connectivity index (χ2n) is 6.80. The minimum atomic E-state index is 0.0482. The van der Waals surface area contributed by atoms with Gasteiger partial charge in [-0.1, -0.05) is 0 Å². The van der Waals surface area contributed by atoms with Crippen LogP contribution < -0.4 is 0 Å². The average molecular weight is 371 g/mol. The highest BCUT2D eigenvalue weighted by Crippen LogP contribution is 2.34. The summed E-state index contributed by atoms with van der Waals surface area (Å²) in [5.74, 6) is 1.23. The van der Waals surface area contributed by atoms with Crippen LogP contribution in [0.15, 0.2) is 22.8 Å². The van der Waals surface area contributed by atoms with Crippen LogP contribution in [-0.4, -0.2) is 46.1 Å². The summed E-state index contributed by atoms with van der Waals surface area (Å²) >= 11 is 1.43. The van der Waals surface area contributed by atoms with Crippen molar-refractivity contribution >= 4 is 27.5 Å². The number of aryl methyl sites for hydroxylation is 2. The molecule has 26 heavy (non-hydrogen) atoms. The van der Waals surface area contributed by atoms with Crippen LogP contribution in [0.4, 0.5) is 0 Å². The Hall–Kier alpha value is -2.25. The van der Waals surface area contributed by atoms with Crippen molar-refractivity contribution in [2.24, 2.45) is 0 Å². The summed E-state index contributed by atoms with van der Waals surface area (Å²) in [6, 6.07) is 3.71. The van der Waals surface area contributed by atoms with Gasteiger partial charge in [-0.3, -0.25) is 4.79 Å². The first kappa shape index (κ1) is 17.2. The largest absolute Gasteiger partial charge is 0.461 e. The van der Waals surface area contributed by atoms with Crippen molar-refractivity contribution in [2.45, 2.75) is 39.8 Å². The smallest absolute Gasteiger partial charge is 0.264 e. The molecule has 0 unspecified atom stereocenters. The van der Waals surface area contributed by atoms with Crippen LogP contribution in [0.2, 0.25) is 0 Å². The lowest BCUT2D eigenvalue weighted by Crippen LogP contribution is -2.50. The second-order valence-corrected chi connectivity index (χ2v) is 7.80. The maximum atomic E-state index is 13.2. The highest BCUT2D eigenvalue weighted by atomic mass is 32.1. The molecule has 6 nitrogen and oxygen atoms in total. The quantitative estimate of drug-likeness (QED) is 0.685. The van der Waals surface area contributed by atoms with Crippen LogP contribution in [0.25, 0.3) is 21.8 Å². The van der Waals surface area contributed by atoms with Crippen molar-refractivity contribution in [3.8, 4) is 11.6 Å². The van der Waals surface area contributed by atoms with Crippen molar-refractivity contribution in [2.75, 3.05) is 13.2 Å². The minimum absolute atomic E-state index is 0.0482. The van der Waals surface area contributed by atoms with Gasteiger partial charge in [0.15, 0.2) is 11.6 Å². The number of thiophene rings is 1. The lowest BCUT2D eigenvalue weighted by Gasteiger charge is -2.36. The van der Waals surface area contributed by atoms with Crippen molar-refractivity contribution in [3.63, 3.8) is 0 Å². The molecule has 0 saturated carbocycles. The van der Waals surface area contributed by atoms with Crippen LogP contribution in [0.3, 0.4) is 0 Å². The van der Waals surface area contributed by atoms with Crippen molar-refractivity contribution in [3.05, 3.63) is 34.5 Å². The van der Waals surface area contributed by atoms with Crippen molar-refractivity contribution in [1.82, 2.24) is 14.9 Å². The zero-order valence-corrected chi connectivity index (χ0v) is 16.1. The number of aromatic nitrogens is 2. The molecule has 136 valence electrons. The molecule has 1 saturated heterocycles. The summed E-state index contributed by atoms with van der Waals surface area (Å²) in [6.45, 7) is 9.11. The Morgan fingerprint density at radius 3 is 2.85 bits per heavy atom. The van der Waals surface area contributed by atoms with E-state index in [2.05, 4.69) is 9.97 Å². The first-order valence-electron chi connectivity index (χ1n) is 8.70. The number of nitrogens with zero attached hydrogens (tertiary/aromatic N) is 3. The van der Waals surface area contributed by atoms with E-state index in [0.29, 0.717) is 24.7 Å². The normalized spacial score (nSPS) is 20.7. The molecule has 0 radical (unpaired) electrons. The van der Waals surface area contributed by atoms with E-state index in [4.69, 9.17) is 9.15 Å². The number of carbonyl (C=O) groups is 1. The Morgan fingerprint density at radius 1 is 1.31 bits per heavy atom. The van der Waals surface area contributed by atoms with E-state index in [-0.39, 0.29) is 18.1 Å². The van der Waals surface area contributed by atoms with Gasteiger partial charge >= 0.3 is 0 Å². The van der Waals surface area contributed by atoms with Crippen LogP contribution in [0.1, 0.15) is 34.8 Å². The standard InChI is InChI=1S/C19H21N3O3S/c1-10-9-25-11(2)8-22(10)19(23)16-12(3)15-13(4)20-17(21-18(15)26-16)14-6-5-7-24-14/h5-7,10-11H,8-9H2,1-4H3/t10-,11+/m0/s1. The number of furan rings is 1. The summed E-state index contributed by atoms with van der Waals surface area (Å²) in [5.41, 5.74) is 1.81. The minimum Gasteiger partial charge on any atom is -0.461 e. The van der Waals surface area contributed by atoms with Gasteiger partial charge in [-0.25, -0.2) is 9.97 Å². The molecule has 0 bridgehead atoms. The molecule has 1 amide bonds. The van der Waals surface area contributed by atoms with Gasteiger partial charge in [-0.05, 0) is 45.4 Å². The predicted octanol–water partition coefficient (Wildman–Crippen LogP) is 3.82. The molecule has 2 atom stereocenters. The fourth-order valence-corrected chi connectivity index (χ4v) is 4.56. The fraction of sp³-hybridized carbons (Fsp3) is 0.421. The maximum Gasteiger partial charge on any atom is 0.264 e. The van der Waals surface area contributed by atoms with E-state index < -0.39 is 0 Å². The third-order valence-corrected chi connectivity index (χ3v) is 5.95. The summed E-state index contributed by atoms with van der Waals surface area (Å²) < 4.78 is 11.1. The van der Waals surface area contributed by atoms with Gasteiger partial charge in [0.2, 0.25) is 0 Å². The molecule has 4 rings (SSSR count). The van der Waals surface area contributed by atoms with Gasteiger partial charge in [-0.2, -0.15) is 0 Å². The zero-order chi connectivity index (χ0) is 18.4. The van der Waals surface area contributed by atoms with E-state index in [1.807, 2.05) is 44.7 Å². The van der Waals surface area contributed by atoms with E-state index in [9.17, 15) is 4.79 Å². The molecule has 7 heteroatoms. The summed E-state index contributed by atoms with van der Waals surface area (Å²) in [5, 5.41) is 0.961. The third kappa shape index (κ3) is 2.81. The van der Waals surface area contributed by atoms with Crippen LogP contribution in [-0.2, 0) is 4.74 Å². The van der Waals surface area contributed by atoms with E-state index in [1.54, 1.807) is 6.26 Å².